The first-order valence-electron chi connectivity index (χ1n) is 4.99. The molecule has 0 aliphatic carbocycles. The van der Waals surface area contributed by atoms with Gasteiger partial charge in [0.2, 0.25) is 5.91 Å². The Balaban J connectivity index is 2.00. The quantitative estimate of drug-likeness (QED) is 0.661. The van der Waals surface area contributed by atoms with Gasteiger partial charge in [0, 0.05) is 25.9 Å². The van der Waals surface area contributed by atoms with E-state index in [4.69, 9.17) is 0 Å². The highest BCUT2D eigenvalue weighted by atomic mass is 16.2. The summed E-state index contributed by atoms with van der Waals surface area (Å²) < 4.78 is 0. The van der Waals surface area contributed by atoms with Crippen molar-refractivity contribution in [3.8, 4) is 0 Å². The molecule has 1 saturated heterocycles. The van der Waals surface area contributed by atoms with E-state index in [-0.39, 0.29) is 5.91 Å². The maximum absolute atomic E-state index is 11.0. The molecular formula is C12H15NO. The second-order valence-electron chi connectivity index (χ2n) is 4.03. The van der Waals surface area contributed by atoms with E-state index in [0.29, 0.717) is 5.92 Å². The van der Waals surface area contributed by atoms with E-state index < -0.39 is 0 Å². The van der Waals surface area contributed by atoms with Crippen LogP contribution in [0.2, 0.25) is 0 Å². The smallest absolute Gasteiger partial charge is 0.219 e. The van der Waals surface area contributed by atoms with Gasteiger partial charge in [0.1, 0.15) is 0 Å². The first kappa shape index (κ1) is 9.25. The number of benzene rings is 1. The van der Waals surface area contributed by atoms with Crippen molar-refractivity contribution in [1.29, 1.82) is 0 Å². The Labute approximate surface area is 84.5 Å². The Morgan fingerprint density at radius 1 is 1.29 bits per heavy atom. The van der Waals surface area contributed by atoms with Crippen LogP contribution in [-0.4, -0.2) is 23.9 Å². The lowest BCUT2D eigenvalue weighted by molar-refractivity contribution is -0.133. The Morgan fingerprint density at radius 2 is 1.86 bits per heavy atom. The number of nitrogens with zero attached hydrogens (tertiary/aromatic N) is 1. The summed E-state index contributed by atoms with van der Waals surface area (Å²) in [7, 11) is 0. The molecule has 0 aromatic heterocycles. The number of aryl methyl sites for hydroxylation is 1. The molecular weight excluding hydrogens is 174 g/mol. The van der Waals surface area contributed by atoms with Crippen molar-refractivity contribution in [2.24, 2.45) is 0 Å². The maximum Gasteiger partial charge on any atom is 0.219 e. The van der Waals surface area contributed by atoms with Gasteiger partial charge in [-0.15, -0.1) is 0 Å². The summed E-state index contributed by atoms with van der Waals surface area (Å²) in [6, 6.07) is 8.59. The van der Waals surface area contributed by atoms with Gasteiger partial charge in [0.25, 0.3) is 0 Å². The van der Waals surface area contributed by atoms with Crippen molar-refractivity contribution in [2.45, 2.75) is 19.8 Å². The monoisotopic (exact) mass is 189 g/mol. The van der Waals surface area contributed by atoms with E-state index in [9.17, 15) is 4.79 Å². The molecule has 2 nitrogen and oxygen atoms in total. The van der Waals surface area contributed by atoms with Gasteiger partial charge >= 0.3 is 0 Å². The van der Waals surface area contributed by atoms with E-state index in [0.717, 1.165) is 13.1 Å². The van der Waals surface area contributed by atoms with Crippen molar-refractivity contribution in [1.82, 2.24) is 4.90 Å². The molecule has 2 rings (SSSR count). The predicted molar refractivity (Wildman–Crippen MR) is 56.2 cm³/mol. The van der Waals surface area contributed by atoms with Gasteiger partial charge in [-0.25, -0.2) is 0 Å². The van der Waals surface area contributed by atoms with Crippen molar-refractivity contribution in [3.05, 3.63) is 35.4 Å². The minimum atomic E-state index is 0.188. The molecule has 1 aliphatic rings. The van der Waals surface area contributed by atoms with Crippen LogP contribution in [0.15, 0.2) is 24.3 Å². The fraction of sp³-hybridized carbons (Fsp3) is 0.417. The molecule has 1 aromatic rings. The average molecular weight is 189 g/mol. The van der Waals surface area contributed by atoms with Gasteiger partial charge in [-0.2, -0.15) is 0 Å². The van der Waals surface area contributed by atoms with Gasteiger partial charge < -0.3 is 4.90 Å². The largest absolute Gasteiger partial charge is 0.342 e. The molecule has 0 radical (unpaired) electrons. The molecule has 0 atom stereocenters. The minimum Gasteiger partial charge on any atom is -0.342 e. The molecule has 2 heteroatoms. The lowest BCUT2D eigenvalue weighted by Crippen LogP contribution is -2.47. The van der Waals surface area contributed by atoms with Gasteiger partial charge in [-0.05, 0) is 12.5 Å². The fourth-order valence-electron chi connectivity index (χ4n) is 1.79. The van der Waals surface area contributed by atoms with E-state index in [1.54, 1.807) is 6.92 Å². The van der Waals surface area contributed by atoms with Crippen molar-refractivity contribution in [3.63, 3.8) is 0 Å². The van der Waals surface area contributed by atoms with Crippen LogP contribution in [0, 0.1) is 6.92 Å². The molecule has 0 spiro atoms. The van der Waals surface area contributed by atoms with Crippen LogP contribution in [0.3, 0.4) is 0 Å². The van der Waals surface area contributed by atoms with Crippen LogP contribution in [0.25, 0.3) is 0 Å². The summed E-state index contributed by atoms with van der Waals surface area (Å²) in [5.74, 6) is 0.743. The van der Waals surface area contributed by atoms with E-state index in [1.165, 1.54) is 11.1 Å². The third-order valence-electron chi connectivity index (χ3n) is 2.88. The number of carbonyl (C=O) groups is 1. The number of amides is 1. The third-order valence-corrected chi connectivity index (χ3v) is 2.88. The van der Waals surface area contributed by atoms with Crippen LogP contribution in [-0.2, 0) is 4.79 Å². The van der Waals surface area contributed by atoms with Crippen molar-refractivity contribution >= 4 is 5.91 Å². The Hall–Kier alpha value is -1.31. The number of carbonyl (C=O) groups excluding carboxylic acids is 1. The molecule has 1 aromatic carbocycles. The second kappa shape index (κ2) is 3.45. The molecule has 1 heterocycles. The van der Waals surface area contributed by atoms with Gasteiger partial charge in [0.15, 0.2) is 0 Å². The van der Waals surface area contributed by atoms with Crippen LogP contribution < -0.4 is 0 Å². The van der Waals surface area contributed by atoms with Crippen molar-refractivity contribution < 1.29 is 4.79 Å². The molecule has 1 amide bonds. The predicted octanol–water partition coefficient (Wildman–Crippen LogP) is 1.94. The topological polar surface area (TPSA) is 20.3 Å². The SMILES string of the molecule is CC(=O)N1CC(c2ccc(C)cc2)C1. The highest BCUT2D eigenvalue weighted by Gasteiger charge is 2.29. The summed E-state index contributed by atoms with van der Waals surface area (Å²) in [5.41, 5.74) is 2.64. The first-order valence-corrected chi connectivity index (χ1v) is 4.99. The summed E-state index contributed by atoms with van der Waals surface area (Å²) in [5, 5.41) is 0. The molecule has 74 valence electrons. The normalized spacial score (nSPS) is 16.6. The van der Waals surface area contributed by atoms with Crippen LogP contribution in [0.5, 0.6) is 0 Å². The highest BCUT2D eigenvalue weighted by Crippen LogP contribution is 2.26. The molecule has 0 unspecified atom stereocenters. The van der Waals surface area contributed by atoms with Gasteiger partial charge in [0.05, 0.1) is 0 Å². The van der Waals surface area contributed by atoms with E-state index in [2.05, 4.69) is 31.2 Å². The summed E-state index contributed by atoms with van der Waals surface area (Å²) in [6.45, 7) is 5.49. The van der Waals surface area contributed by atoms with Crippen LogP contribution in [0.4, 0.5) is 0 Å². The van der Waals surface area contributed by atoms with Crippen LogP contribution in [0.1, 0.15) is 24.0 Å². The van der Waals surface area contributed by atoms with E-state index >= 15 is 0 Å². The number of likely N-dealkylation sites (tertiary alicyclic amines) is 1. The number of rotatable bonds is 1. The molecule has 14 heavy (non-hydrogen) atoms. The summed E-state index contributed by atoms with van der Waals surface area (Å²) in [6.07, 6.45) is 0. The lowest BCUT2D eigenvalue weighted by Gasteiger charge is -2.39. The Bertz CT molecular complexity index is 336. The standard InChI is InChI=1S/C12H15NO/c1-9-3-5-11(6-4-9)12-7-13(8-12)10(2)14/h3-6,12H,7-8H2,1-2H3. The zero-order chi connectivity index (χ0) is 10.1. The second-order valence-corrected chi connectivity index (χ2v) is 4.03. The Morgan fingerprint density at radius 3 is 2.36 bits per heavy atom. The molecule has 0 saturated carbocycles. The highest BCUT2D eigenvalue weighted by molar-refractivity contribution is 5.74. The number of hydrogen-bond donors (Lipinski definition) is 0. The summed E-state index contributed by atoms with van der Waals surface area (Å²) >= 11 is 0. The number of hydrogen-bond acceptors (Lipinski definition) is 1. The zero-order valence-electron chi connectivity index (χ0n) is 8.66. The molecule has 0 bridgehead atoms. The van der Waals surface area contributed by atoms with E-state index in [1.807, 2.05) is 4.90 Å². The average Bonchev–Trinajstić information content (AvgIpc) is 2.05. The summed E-state index contributed by atoms with van der Waals surface area (Å²) in [4.78, 5) is 12.9. The molecule has 0 N–H and O–H groups in total. The fourth-order valence-corrected chi connectivity index (χ4v) is 1.79. The van der Waals surface area contributed by atoms with Crippen LogP contribution >= 0.6 is 0 Å². The zero-order valence-corrected chi connectivity index (χ0v) is 8.66. The maximum atomic E-state index is 11.0. The molecule has 1 fully saturated rings. The first-order chi connectivity index (χ1) is 6.66. The third kappa shape index (κ3) is 1.65. The van der Waals surface area contributed by atoms with Gasteiger partial charge in [-0.3, -0.25) is 4.79 Å². The van der Waals surface area contributed by atoms with Crippen molar-refractivity contribution in [2.75, 3.05) is 13.1 Å². The lowest BCUT2D eigenvalue weighted by atomic mass is 9.91. The minimum absolute atomic E-state index is 0.188. The Kier molecular flexibility index (Phi) is 2.28. The van der Waals surface area contributed by atoms with Gasteiger partial charge in [-0.1, -0.05) is 29.8 Å². The molecule has 1 aliphatic heterocycles.